The zero-order valence-electron chi connectivity index (χ0n) is 14.0. The van der Waals surface area contributed by atoms with E-state index in [1.807, 2.05) is 36.1 Å². The van der Waals surface area contributed by atoms with Gasteiger partial charge in [-0.25, -0.2) is 0 Å². The zero-order chi connectivity index (χ0) is 16.6. The fourth-order valence-corrected chi connectivity index (χ4v) is 3.80. The van der Waals surface area contributed by atoms with Crippen LogP contribution in [0.2, 0.25) is 0 Å². The minimum Gasteiger partial charge on any atom is -0.350 e. The number of piperidine rings is 1. The minimum absolute atomic E-state index is 0.0401. The molecule has 2 saturated heterocycles. The Balaban J connectivity index is 1.45. The van der Waals surface area contributed by atoms with E-state index < -0.39 is 0 Å². The van der Waals surface area contributed by atoms with Crippen molar-refractivity contribution in [1.82, 2.24) is 15.4 Å². The van der Waals surface area contributed by atoms with Crippen LogP contribution in [0, 0.1) is 12.3 Å². The van der Waals surface area contributed by atoms with Crippen LogP contribution in [0.25, 0.3) is 11.3 Å². The maximum absolute atomic E-state index is 12.7. The average Bonchev–Trinajstić information content (AvgIpc) is 3.26. The van der Waals surface area contributed by atoms with E-state index in [1.54, 1.807) is 6.07 Å². The van der Waals surface area contributed by atoms with Crippen LogP contribution < -0.4 is 5.32 Å². The van der Waals surface area contributed by atoms with Crippen LogP contribution in [0.15, 0.2) is 34.9 Å². The zero-order valence-corrected chi connectivity index (χ0v) is 14.0. The van der Waals surface area contributed by atoms with Crippen molar-refractivity contribution in [3.05, 3.63) is 41.7 Å². The van der Waals surface area contributed by atoms with Crippen LogP contribution >= 0.6 is 0 Å². The topological polar surface area (TPSA) is 58.4 Å². The molecule has 2 aromatic rings. The number of hydrogen-bond donors (Lipinski definition) is 1. The second kappa shape index (κ2) is 6.06. The number of benzene rings is 1. The van der Waals surface area contributed by atoms with Gasteiger partial charge >= 0.3 is 0 Å². The third-order valence-corrected chi connectivity index (χ3v) is 5.51. The number of nitrogens with zero attached hydrogens (tertiary/aromatic N) is 2. The largest absolute Gasteiger partial charge is 0.350 e. The Labute approximate surface area is 142 Å². The van der Waals surface area contributed by atoms with Crippen molar-refractivity contribution in [3.8, 4) is 11.3 Å². The Morgan fingerprint density at radius 3 is 2.62 bits per heavy atom. The Hall–Kier alpha value is -2.14. The van der Waals surface area contributed by atoms with Gasteiger partial charge in [0.05, 0.1) is 0 Å². The summed E-state index contributed by atoms with van der Waals surface area (Å²) < 4.78 is 5.33. The van der Waals surface area contributed by atoms with Gasteiger partial charge in [0.1, 0.15) is 5.69 Å². The molecule has 1 N–H and O–H groups in total. The van der Waals surface area contributed by atoms with Crippen molar-refractivity contribution < 1.29 is 9.32 Å². The lowest BCUT2D eigenvalue weighted by Gasteiger charge is -2.38. The summed E-state index contributed by atoms with van der Waals surface area (Å²) in [4.78, 5) is 14.6. The number of carbonyl (C=O) groups excluding carboxylic acids is 1. The molecule has 0 unspecified atom stereocenters. The maximum Gasteiger partial charge on any atom is 0.292 e. The van der Waals surface area contributed by atoms with Gasteiger partial charge in [-0.1, -0.05) is 35.0 Å². The SMILES string of the molecule is Cc1ccc(-c2cc(C(=O)N3CCC4(CCNC4)CC3)on2)cc1. The normalized spacial score (nSPS) is 19.8. The predicted molar refractivity (Wildman–Crippen MR) is 91.7 cm³/mol. The van der Waals surface area contributed by atoms with Gasteiger partial charge in [0, 0.05) is 31.3 Å². The van der Waals surface area contributed by atoms with Gasteiger partial charge in [0.2, 0.25) is 5.76 Å². The molecule has 0 aliphatic carbocycles. The highest BCUT2D eigenvalue weighted by atomic mass is 16.5. The van der Waals surface area contributed by atoms with Crippen molar-refractivity contribution >= 4 is 5.91 Å². The second-order valence-corrected chi connectivity index (χ2v) is 7.16. The molecule has 4 rings (SSSR count). The van der Waals surface area contributed by atoms with Gasteiger partial charge < -0.3 is 14.7 Å². The summed E-state index contributed by atoms with van der Waals surface area (Å²) in [7, 11) is 0. The molecule has 0 radical (unpaired) electrons. The third-order valence-electron chi connectivity index (χ3n) is 5.51. The number of amides is 1. The lowest BCUT2D eigenvalue weighted by Crippen LogP contribution is -2.43. The van der Waals surface area contributed by atoms with Crippen molar-refractivity contribution in [2.45, 2.75) is 26.2 Å². The van der Waals surface area contributed by atoms with E-state index in [0.717, 1.165) is 44.6 Å². The molecular formula is C19H23N3O2. The monoisotopic (exact) mass is 325 g/mol. The number of likely N-dealkylation sites (tertiary alicyclic amines) is 1. The van der Waals surface area contributed by atoms with Crippen LogP contribution in [0.3, 0.4) is 0 Å². The quantitative estimate of drug-likeness (QED) is 0.922. The fourth-order valence-electron chi connectivity index (χ4n) is 3.80. The van der Waals surface area contributed by atoms with Gasteiger partial charge in [0.25, 0.3) is 5.91 Å². The third kappa shape index (κ3) is 2.84. The van der Waals surface area contributed by atoms with Crippen LogP contribution in [0.1, 0.15) is 35.4 Å². The molecule has 24 heavy (non-hydrogen) atoms. The van der Waals surface area contributed by atoms with Gasteiger partial charge in [-0.05, 0) is 38.1 Å². The van der Waals surface area contributed by atoms with Crippen LogP contribution in [-0.4, -0.2) is 42.1 Å². The first-order valence-corrected chi connectivity index (χ1v) is 8.69. The molecule has 5 heteroatoms. The van der Waals surface area contributed by atoms with Crippen molar-refractivity contribution in [1.29, 1.82) is 0 Å². The first-order valence-electron chi connectivity index (χ1n) is 8.69. The van der Waals surface area contributed by atoms with Gasteiger partial charge in [0.15, 0.2) is 0 Å². The van der Waals surface area contributed by atoms with Gasteiger partial charge in [-0.2, -0.15) is 0 Å². The Kier molecular flexibility index (Phi) is 3.88. The van der Waals surface area contributed by atoms with E-state index in [9.17, 15) is 4.79 Å². The number of carbonyl (C=O) groups is 1. The molecule has 1 aromatic heterocycles. The molecule has 1 amide bonds. The van der Waals surface area contributed by atoms with E-state index in [1.165, 1.54) is 12.0 Å². The summed E-state index contributed by atoms with van der Waals surface area (Å²) in [5.74, 6) is 0.299. The maximum atomic E-state index is 12.7. The molecule has 126 valence electrons. The number of hydrogen-bond acceptors (Lipinski definition) is 4. The molecule has 2 fully saturated rings. The van der Waals surface area contributed by atoms with Crippen molar-refractivity contribution in [3.63, 3.8) is 0 Å². The van der Waals surface area contributed by atoms with Crippen LogP contribution in [-0.2, 0) is 0 Å². The predicted octanol–water partition coefficient (Wildman–Crippen LogP) is 2.87. The van der Waals surface area contributed by atoms with Crippen LogP contribution in [0.5, 0.6) is 0 Å². The number of rotatable bonds is 2. The molecule has 0 atom stereocenters. The molecule has 5 nitrogen and oxygen atoms in total. The van der Waals surface area contributed by atoms with Gasteiger partial charge in [-0.15, -0.1) is 0 Å². The van der Waals surface area contributed by atoms with E-state index in [2.05, 4.69) is 10.5 Å². The van der Waals surface area contributed by atoms with Gasteiger partial charge in [-0.3, -0.25) is 4.79 Å². The number of aromatic nitrogens is 1. The van der Waals surface area contributed by atoms with Crippen molar-refractivity contribution in [2.24, 2.45) is 5.41 Å². The Morgan fingerprint density at radius 1 is 1.21 bits per heavy atom. The minimum atomic E-state index is -0.0401. The number of nitrogens with one attached hydrogen (secondary N) is 1. The molecule has 2 aliphatic heterocycles. The molecule has 2 aliphatic rings. The molecule has 3 heterocycles. The smallest absolute Gasteiger partial charge is 0.292 e. The van der Waals surface area contributed by atoms with E-state index in [4.69, 9.17) is 4.52 Å². The van der Waals surface area contributed by atoms with E-state index >= 15 is 0 Å². The molecule has 0 saturated carbocycles. The highest BCUT2D eigenvalue weighted by Crippen LogP contribution is 2.37. The highest BCUT2D eigenvalue weighted by Gasteiger charge is 2.38. The van der Waals surface area contributed by atoms with E-state index in [0.29, 0.717) is 16.9 Å². The Morgan fingerprint density at radius 2 is 1.96 bits per heavy atom. The molecule has 0 bridgehead atoms. The lowest BCUT2D eigenvalue weighted by atomic mass is 9.78. The van der Waals surface area contributed by atoms with E-state index in [-0.39, 0.29) is 5.91 Å². The molecular weight excluding hydrogens is 302 g/mol. The lowest BCUT2D eigenvalue weighted by molar-refractivity contribution is 0.0568. The number of aryl methyl sites for hydroxylation is 1. The first kappa shape index (κ1) is 15.4. The summed E-state index contributed by atoms with van der Waals surface area (Å²) in [5.41, 5.74) is 3.29. The molecule has 1 spiro atoms. The average molecular weight is 325 g/mol. The summed E-state index contributed by atoms with van der Waals surface area (Å²) >= 11 is 0. The Bertz CT molecular complexity index is 719. The highest BCUT2D eigenvalue weighted by molar-refractivity contribution is 5.92. The first-order chi connectivity index (χ1) is 11.7. The second-order valence-electron chi connectivity index (χ2n) is 7.16. The summed E-state index contributed by atoms with van der Waals surface area (Å²) in [6.07, 6.45) is 3.38. The molecule has 1 aromatic carbocycles. The van der Waals surface area contributed by atoms with Crippen molar-refractivity contribution in [2.75, 3.05) is 26.2 Å². The summed E-state index contributed by atoms with van der Waals surface area (Å²) in [6.45, 7) is 5.86. The fraction of sp³-hybridized carbons (Fsp3) is 0.474. The standard InChI is InChI=1S/C19H23N3O2/c1-14-2-4-15(5-3-14)16-12-17(24-21-16)18(23)22-10-7-19(8-11-22)6-9-20-13-19/h2-5,12,20H,6-11,13H2,1H3. The summed E-state index contributed by atoms with van der Waals surface area (Å²) in [6, 6.07) is 9.82. The summed E-state index contributed by atoms with van der Waals surface area (Å²) in [5, 5.41) is 7.52. The van der Waals surface area contributed by atoms with Crippen LogP contribution in [0.4, 0.5) is 0 Å².